The summed E-state index contributed by atoms with van der Waals surface area (Å²) in [5.41, 5.74) is 6.51. The molecular weight excluding hydrogens is 208 g/mol. The third-order valence-corrected chi connectivity index (χ3v) is 3.32. The number of nitrogens with two attached hydrogens (primary N) is 1. The average molecular weight is 216 g/mol. The lowest BCUT2D eigenvalue weighted by Gasteiger charge is -1.98. The van der Waals surface area contributed by atoms with E-state index >= 15 is 0 Å². The van der Waals surface area contributed by atoms with Gasteiger partial charge in [-0.15, -0.1) is 11.3 Å². The zero-order chi connectivity index (χ0) is 10.4. The number of fused-ring (bicyclic) bond motifs is 3. The van der Waals surface area contributed by atoms with Crippen LogP contribution in [0.1, 0.15) is 0 Å². The van der Waals surface area contributed by atoms with Crippen LogP contribution in [-0.4, -0.2) is 4.98 Å². The summed E-state index contributed by atoms with van der Waals surface area (Å²) in [6.07, 6.45) is 0. The van der Waals surface area contributed by atoms with Crippen LogP contribution in [0.3, 0.4) is 0 Å². The van der Waals surface area contributed by atoms with Gasteiger partial charge in [0.05, 0.1) is 10.4 Å². The SMILES string of the molecule is Nc1scc2c1c(=O)[nH]c1ccccc12. The van der Waals surface area contributed by atoms with Crippen LogP contribution < -0.4 is 11.3 Å². The summed E-state index contributed by atoms with van der Waals surface area (Å²) in [6, 6.07) is 7.73. The first kappa shape index (κ1) is 8.49. The first-order valence-corrected chi connectivity index (χ1v) is 5.43. The van der Waals surface area contributed by atoms with E-state index in [0.717, 1.165) is 16.3 Å². The maximum Gasteiger partial charge on any atom is 0.259 e. The standard InChI is InChI=1S/C11H8N2OS/c12-10-9-7(5-15-10)6-3-1-2-4-8(6)13-11(9)14/h1-5H,12H2,(H,13,14). The molecule has 0 fully saturated rings. The molecule has 3 nitrogen and oxygen atoms in total. The molecule has 4 heteroatoms. The minimum atomic E-state index is -0.109. The van der Waals surface area contributed by atoms with Crippen LogP contribution in [0.4, 0.5) is 5.00 Å². The highest BCUT2D eigenvalue weighted by atomic mass is 32.1. The van der Waals surface area contributed by atoms with E-state index in [-0.39, 0.29) is 5.56 Å². The molecule has 0 aliphatic heterocycles. The van der Waals surface area contributed by atoms with Crippen molar-refractivity contribution in [2.45, 2.75) is 0 Å². The van der Waals surface area contributed by atoms with Crippen molar-refractivity contribution < 1.29 is 0 Å². The minimum absolute atomic E-state index is 0.109. The third kappa shape index (κ3) is 1.08. The summed E-state index contributed by atoms with van der Waals surface area (Å²) in [4.78, 5) is 14.6. The fraction of sp³-hybridized carbons (Fsp3) is 0. The van der Waals surface area contributed by atoms with Crippen LogP contribution in [0.2, 0.25) is 0 Å². The van der Waals surface area contributed by atoms with Gasteiger partial charge in [0.2, 0.25) is 0 Å². The number of pyridine rings is 1. The fourth-order valence-corrected chi connectivity index (χ4v) is 2.63. The Morgan fingerprint density at radius 3 is 2.87 bits per heavy atom. The number of aromatic nitrogens is 1. The first-order valence-electron chi connectivity index (χ1n) is 4.55. The monoisotopic (exact) mass is 216 g/mol. The summed E-state index contributed by atoms with van der Waals surface area (Å²) >= 11 is 1.40. The normalized spacial score (nSPS) is 11.2. The van der Waals surface area contributed by atoms with Crippen LogP contribution in [0, 0.1) is 0 Å². The van der Waals surface area contributed by atoms with Gasteiger partial charge in [-0.25, -0.2) is 0 Å². The van der Waals surface area contributed by atoms with Gasteiger partial charge in [-0.3, -0.25) is 4.79 Å². The lowest BCUT2D eigenvalue weighted by molar-refractivity contribution is 1.35. The zero-order valence-corrected chi connectivity index (χ0v) is 8.60. The number of hydrogen-bond donors (Lipinski definition) is 2. The Balaban J connectivity index is 2.71. The van der Waals surface area contributed by atoms with Crippen LogP contribution in [0.5, 0.6) is 0 Å². The second-order valence-corrected chi connectivity index (χ2v) is 4.30. The molecule has 0 saturated heterocycles. The van der Waals surface area contributed by atoms with Gasteiger partial charge in [0, 0.05) is 21.7 Å². The van der Waals surface area contributed by atoms with Crippen molar-refractivity contribution >= 4 is 38.0 Å². The minimum Gasteiger partial charge on any atom is -0.390 e. The average Bonchev–Trinajstić information content (AvgIpc) is 2.62. The third-order valence-electron chi connectivity index (χ3n) is 2.51. The molecule has 74 valence electrons. The number of thiophene rings is 1. The molecule has 0 saturated carbocycles. The molecule has 0 spiro atoms. The molecule has 1 aromatic carbocycles. The van der Waals surface area contributed by atoms with Crippen LogP contribution in [0.25, 0.3) is 21.7 Å². The van der Waals surface area contributed by atoms with Gasteiger partial charge in [-0.1, -0.05) is 18.2 Å². The van der Waals surface area contributed by atoms with Gasteiger partial charge in [-0.05, 0) is 6.07 Å². The van der Waals surface area contributed by atoms with E-state index in [1.165, 1.54) is 11.3 Å². The molecule has 0 radical (unpaired) electrons. The van der Waals surface area contributed by atoms with E-state index in [4.69, 9.17) is 5.73 Å². The van der Waals surface area contributed by atoms with E-state index in [1.54, 1.807) is 0 Å². The quantitative estimate of drug-likeness (QED) is 0.606. The van der Waals surface area contributed by atoms with Crippen LogP contribution in [0.15, 0.2) is 34.4 Å². The molecule has 0 unspecified atom stereocenters. The van der Waals surface area contributed by atoms with Gasteiger partial charge in [0.25, 0.3) is 5.56 Å². The van der Waals surface area contributed by atoms with Gasteiger partial charge >= 0.3 is 0 Å². The van der Waals surface area contributed by atoms with Gasteiger partial charge in [0.1, 0.15) is 0 Å². The van der Waals surface area contributed by atoms with Gasteiger partial charge < -0.3 is 10.7 Å². The maximum absolute atomic E-state index is 11.7. The Hall–Kier alpha value is -1.81. The van der Waals surface area contributed by atoms with Crippen LogP contribution >= 0.6 is 11.3 Å². The van der Waals surface area contributed by atoms with E-state index in [2.05, 4.69) is 4.98 Å². The van der Waals surface area contributed by atoms with Gasteiger partial charge in [-0.2, -0.15) is 0 Å². The molecule has 0 aliphatic rings. The molecule has 0 bridgehead atoms. The summed E-state index contributed by atoms with van der Waals surface area (Å²) in [6.45, 7) is 0. The van der Waals surface area contributed by atoms with E-state index in [1.807, 2.05) is 29.6 Å². The number of nitrogen functional groups attached to an aromatic ring is 1. The Bertz CT molecular complexity index is 711. The first-order chi connectivity index (χ1) is 7.27. The number of anilines is 1. The van der Waals surface area contributed by atoms with Gasteiger partial charge in [0.15, 0.2) is 0 Å². The molecular formula is C11H8N2OS. The molecule has 3 N–H and O–H groups in total. The number of para-hydroxylation sites is 1. The van der Waals surface area contributed by atoms with Crippen LogP contribution in [-0.2, 0) is 0 Å². The lowest BCUT2D eigenvalue weighted by Crippen LogP contribution is -2.06. The Morgan fingerprint density at radius 1 is 1.20 bits per heavy atom. The van der Waals surface area contributed by atoms with Crippen molar-refractivity contribution in [1.82, 2.24) is 4.98 Å². The molecule has 2 heterocycles. The molecule has 2 aromatic heterocycles. The van der Waals surface area contributed by atoms with E-state index in [9.17, 15) is 4.79 Å². The number of H-pyrrole nitrogens is 1. The van der Waals surface area contributed by atoms with Crippen molar-refractivity contribution in [3.8, 4) is 0 Å². The number of rotatable bonds is 0. The molecule has 0 aliphatic carbocycles. The van der Waals surface area contributed by atoms with Crippen molar-refractivity contribution in [1.29, 1.82) is 0 Å². The highest BCUT2D eigenvalue weighted by Gasteiger charge is 2.08. The molecule has 3 rings (SSSR count). The molecule has 3 aromatic rings. The smallest absolute Gasteiger partial charge is 0.259 e. The Labute approximate surface area is 89.2 Å². The molecule has 0 atom stereocenters. The van der Waals surface area contributed by atoms with E-state index < -0.39 is 0 Å². The summed E-state index contributed by atoms with van der Waals surface area (Å²) in [7, 11) is 0. The van der Waals surface area contributed by atoms with Crippen molar-refractivity contribution in [2.24, 2.45) is 0 Å². The number of benzene rings is 1. The largest absolute Gasteiger partial charge is 0.390 e. The second-order valence-electron chi connectivity index (χ2n) is 3.39. The van der Waals surface area contributed by atoms with Crippen molar-refractivity contribution in [3.05, 3.63) is 40.0 Å². The van der Waals surface area contributed by atoms with E-state index in [0.29, 0.717) is 10.4 Å². The summed E-state index contributed by atoms with van der Waals surface area (Å²) in [5, 5.41) is 5.11. The second kappa shape index (κ2) is 2.84. The fourth-order valence-electron chi connectivity index (χ4n) is 1.82. The number of aromatic amines is 1. The predicted octanol–water partition coefficient (Wildman–Crippen LogP) is 2.33. The lowest BCUT2D eigenvalue weighted by atomic mass is 10.1. The predicted molar refractivity (Wildman–Crippen MR) is 64.4 cm³/mol. The zero-order valence-electron chi connectivity index (χ0n) is 7.78. The molecule has 15 heavy (non-hydrogen) atoms. The summed E-state index contributed by atoms with van der Waals surface area (Å²) in [5.74, 6) is 0. The topological polar surface area (TPSA) is 58.9 Å². The van der Waals surface area contributed by atoms with Crippen molar-refractivity contribution in [3.63, 3.8) is 0 Å². The summed E-state index contributed by atoms with van der Waals surface area (Å²) < 4.78 is 0. The number of hydrogen-bond acceptors (Lipinski definition) is 3. The highest BCUT2D eigenvalue weighted by Crippen LogP contribution is 2.29. The maximum atomic E-state index is 11.7. The molecule has 0 amide bonds. The highest BCUT2D eigenvalue weighted by molar-refractivity contribution is 7.16. The Kier molecular flexibility index (Phi) is 1.61. The number of nitrogens with one attached hydrogen (secondary N) is 1. The van der Waals surface area contributed by atoms with Crippen molar-refractivity contribution in [2.75, 3.05) is 5.73 Å². The Morgan fingerprint density at radius 2 is 2.00 bits per heavy atom.